The van der Waals surface area contributed by atoms with Crippen molar-refractivity contribution in [3.05, 3.63) is 28.8 Å². The van der Waals surface area contributed by atoms with Crippen LogP contribution in [0.1, 0.15) is 35.4 Å². The molecule has 1 aromatic carbocycles. The average Bonchev–Trinajstić information content (AvgIpc) is 2.91. The van der Waals surface area contributed by atoms with Gasteiger partial charge in [0.2, 0.25) is 0 Å². The van der Waals surface area contributed by atoms with Crippen LogP contribution < -0.4 is 4.74 Å². The molecule has 0 amide bonds. The highest BCUT2D eigenvalue weighted by Crippen LogP contribution is 2.42. The van der Waals surface area contributed by atoms with Gasteiger partial charge >= 0.3 is 0 Å². The Labute approximate surface area is 79.7 Å². The predicted molar refractivity (Wildman–Crippen MR) is 54.4 cm³/mol. The molecule has 1 aliphatic carbocycles. The van der Waals surface area contributed by atoms with Crippen LogP contribution in [0.3, 0.4) is 0 Å². The molecule has 0 saturated heterocycles. The summed E-state index contributed by atoms with van der Waals surface area (Å²) in [5, 5.41) is 0. The Bertz CT molecular complexity index is 324. The minimum absolute atomic E-state index is 0.838. The summed E-state index contributed by atoms with van der Waals surface area (Å²) in [6, 6.07) is 4.44. The van der Waals surface area contributed by atoms with E-state index in [1.807, 2.05) is 0 Å². The molecule has 2 rings (SSSR count). The van der Waals surface area contributed by atoms with E-state index < -0.39 is 0 Å². The van der Waals surface area contributed by atoms with Crippen LogP contribution in [0.4, 0.5) is 0 Å². The molecule has 0 radical (unpaired) electrons. The van der Waals surface area contributed by atoms with Crippen LogP contribution in [0.5, 0.6) is 5.75 Å². The normalized spacial score (nSPS) is 15.9. The van der Waals surface area contributed by atoms with E-state index in [0.29, 0.717) is 0 Å². The molecule has 1 heteroatoms. The molecule has 0 bridgehead atoms. The number of aryl methyl sites for hydroxylation is 2. The standard InChI is InChI=1S/C12H16O/c1-8-7-12(13-3)9(2)6-11(8)10-4-5-10/h6-7,10H,4-5H2,1-3H3. The molecule has 70 valence electrons. The number of hydrogen-bond donors (Lipinski definition) is 0. The first kappa shape index (κ1) is 8.61. The van der Waals surface area contributed by atoms with Crippen molar-refractivity contribution in [2.45, 2.75) is 32.6 Å². The molecule has 0 heterocycles. The molecule has 1 saturated carbocycles. The molecule has 0 unspecified atom stereocenters. The summed E-state index contributed by atoms with van der Waals surface area (Å²) in [6.45, 7) is 4.29. The zero-order chi connectivity index (χ0) is 9.42. The van der Waals surface area contributed by atoms with Gasteiger partial charge in [0.15, 0.2) is 0 Å². The van der Waals surface area contributed by atoms with Crippen LogP contribution in [0, 0.1) is 13.8 Å². The van der Waals surface area contributed by atoms with Crippen LogP contribution in [-0.4, -0.2) is 7.11 Å². The summed E-state index contributed by atoms with van der Waals surface area (Å²) in [7, 11) is 1.73. The average molecular weight is 176 g/mol. The first-order valence-electron chi connectivity index (χ1n) is 4.87. The molecule has 0 atom stereocenters. The van der Waals surface area contributed by atoms with Crippen LogP contribution in [0.2, 0.25) is 0 Å². The molecule has 0 aliphatic heterocycles. The van der Waals surface area contributed by atoms with Crippen LogP contribution in [-0.2, 0) is 0 Å². The first-order valence-corrected chi connectivity index (χ1v) is 4.87. The van der Waals surface area contributed by atoms with Gasteiger partial charge < -0.3 is 4.74 Å². The van der Waals surface area contributed by atoms with Crippen molar-refractivity contribution in [3.63, 3.8) is 0 Å². The first-order chi connectivity index (χ1) is 6.22. The lowest BCUT2D eigenvalue weighted by molar-refractivity contribution is 0.411. The van der Waals surface area contributed by atoms with Gasteiger partial charge in [-0.2, -0.15) is 0 Å². The molecule has 1 fully saturated rings. The zero-order valence-corrected chi connectivity index (χ0v) is 8.55. The smallest absolute Gasteiger partial charge is 0.122 e. The third-order valence-electron chi connectivity index (χ3n) is 2.80. The minimum atomic E-state index is 0.838. The zero-order valence-electron chi connectivity index (χ0n) is 8.55. The fourth-order valence-corrected chi connectivity index (χ4v) is 1.87. The summed E-state index contributed by atoms with van der Waals surface area (Å²) in [6.07, 6.45) is 2.74. The van der Waals surface area contributed by atoms with Crippen molar-refractivity contribution >= 4 is 0 Å². The molecular weight excluding hydrogens is 160 g/mol. The largest absolute Gasteiger partial charge is 0.496 e. The Morgan fingerprint density at radius 3 is 2.38 bits per heavy atom. The van der Waals surface area contributed by atoms with Gasteiger partial charge in [-0.3, -0.25) is 0 Å². The van der Waals surface area contributed by atoms with Gasteiger partial charge in [0, 0.05) is 0 Å². The highest BCUT2D eigenvalue weighted by Gasteiger charge is 2.25. The van der Waals surface area contributed by atoms with Crippen molar-refractivity contribution in [3.8, 4) is 5.75 Å². The molecule has 1 nitrogen and oxygen atoms in total. The molecule has 0 aromatic heterocycles. The van der Waals surface area contributed by atoms with Gasteiger partial charge in [-0.1, -0.05) is 6.07 Å². The molecule has 1 aromatic rings. The van der Waals surface area contributed by atoms with Gasteiger partial charge in [0.25, 0.3) is 0 Å². The van der Waals surface area contributed by atoms with E-state index in [1.54, 1.807) is 7.11 Å². The predicted octanol–water partition coefficient (Wildman–Crippen LogP) is 3.19. The Morgan fingerprint density at radius 2 is 1.85 bits per heavy atom. The molecule has 0 N–H and O–H groups in total. The summed E-state index contributed by atoms with van der Waals surface area (Å²) in [4.78, 5) is 0. The minimum Gasteiger partial charge on any atom is -0.496 e. The summed E-state index contributed by atoms with van der Waals surface area (Å²) < 4.78 is 5.28. The highest BCUT2D eigenvalue weighted by atomic mass is 16.5. The Hall–Kier alpha value is -0.980. The molecule has 13 heavy (non-hydrogen) atoms. The second kappa shape index (κ2) is 3.06. The van der Waals surface area contributed by atoms with Crippen molar-refractivity contribution in [2.75, 3.05) is 7.11 Å². The van der Waals surface area contributed by atoms with E-state index in [-0.39, 0.29) is 0 Å². The van der Waals surface area contributed by atoms with Gasteiger partial charge in [-0.05, 0) is 55.4 Å². The maximum atomic E-state index is 5.28. The quantitative estimate of drug-likeness (QED) is 0.672. The maximum absolute atomic E-state index is 5.28. The number of hydrogen-bond acceptors (Lipinski definition) is 1. The van der Waals surface area contributed by atoms with Gasteiger partial charge in [-0.25, -0.2) is 0 Å². The third kappa shape index (κ3) is 1.55. The Balaban J connectivity index is 2.42. The van der Waals surface area contributed by atoms with E-state index in [2.05, 4.69) is 26.0 Å². The van der Waals surface area contributed by atoms with Crippen molar-refractivity contribution in [1.82, 2.24) is 0 Å². The lowest BCUT2D eigenvalue weighted by Gasteiger charge is -2.10. The fraction of sp³-hybridized carbons (Fsp3) is 0.500. The monoisotopic (exact) mass is 176 g/mol. The third-order valence-corrected chi connectivity index (χ3v) is 2.80. The number of benzene rings is 1. The Morgan fingerprint density at radius 1 is 1.15 bits per heavy atom. The summed E-state index contributed by atoms with van der Waals surface area (Å²) in [5.74, 6) is 1.85. The fourth-order valence-electron chi connectivity index (χ4n) is 1.87. The van der Waals surface area contributed by atoms with Gasteiger partial charge in [0.1, 0.15) is 5.75 Å². The summed E-state index contributed by atoms with van der Waals surface area (Å²) in [5.41, 5.74) is 4.17. The van der Waals surface area contributed by atoms with Crippen molar-refractivity contribution < 1.29 is 4.74 Å². The molecule has 1 aliphatic rings. The van der Waals surface area contributed by atoms with E-state index in [0.717, 1.165) is 11.7 Å². The SMILES string of the molecule is COc1cc(C)c(C2CC2)cc1C. The van der Waals surface area contributed by atoms with E-state index in [4.69, 9.17) is 4.74 Å². The van der Waals surface area contributed by atoms with Crippen molar-refractivity contribution in [2.24, 2.45) is 0 Å². The number of rotatable bonds is 2. The number of ether oxygens (including phenoxy) is 1. The topological polar surface area (TPSA) is 9.23 Å². The Kier molecular flexibility index (Phi) is 2.03. The lowest BCUT2D eigenvalue weighted by atomic mass is 10.0. The van der Waals surface area contributed by atoms with Crippen molar-refractivity contribution in [1.29, 1.82) is 0 Å². The highest BCUT2D eigenvalue weighted by molar-refractivity contribution is 5.44. The number of methoxy groups -OCH3 is 1. The van der Waals surface area contributed by atoms with Crippen LogP contribution >= 0.6 is 0 Å². The van der Waals surface area contributed by atoms with E-state index >= 15 is 0 Å². The molecular formula is C12H16O. The lowest BCUT2D eigenvalue weighted by Crippen LogP contribution is -1.92. The summed E-state index contributed by atoms with van der Waals surface area (Å²) >= 11 is 0. The van der Waals surface area contributed by atoms with E-state index in [1.165, 1.54) is 29.5 Å². The van der Waals surface area contributed by atoms with Gasteiger partial charge in [-0.15, -0.1) is 0 Å². The maximum Gasteiger partial charge on any atom is 0.122 e. The molecule has 0 spiro atoms. The second-order valence-corrected chi connectivity index (χ2v) is 3.95. The van der Waals surface area contributed by atoms with Crippen LogP contribution in [0.15, 0.2) is 12.1 Å². The van der Waals surface area contributed by atoms with E-state index in [9.17, 15) is 0 Å². The van der Waals surface area contributed by atoms with Gasteiger partial charge in [0.05, 0.1) is 7.11 Å². The van der Waals surface area contributed by atoms with Crippen LogP contribution in [0.25, 0.3) is 0 Å². The second-order valence-electron chi connectivity index (χ2n) is 3.95.